The van der Waals surface area contributed by atoms with E-state index in [1.807, 2.05) is 0 Å². The Morgan fingerprint density at radius 2 is 1.69 bits per heavy atom. The van der Waals surface area contributed by atoms with Crippen LogP contribution in [0.2, 0.25) is 0 Å². The van der Waals surface area contributed by atoms with E-state index in [9.17, 15) is 4.79 Å². The normalized spacial score (nSPS) is 10.3. The minimum atomic E-state index is -0.369. The Morgan fingerprint density at radius 1 is 1.07 bits per heavy atom. The highest BCUT2D eigenvalue weighted by Gasteiger charge is 2.11. The standard InChI is InChI=1S/C20H23N3O5S/c1-5-28-19(24)13-6-8-14(9-7-13)22-20(29)23-21-12-16-17(26-3)10-15(25-2)11-18(16)27-4/h6-12H,5H2,1-4H3,(H2,22,23,29)/b21-12+. The van der Waals surface area contributed by atoms with Crippen LogP contribution in [0, 0.1) is 0 Å². The van der Waals surface area contributed by atoms with Crippen molar-refractivity contribution < 1.29 is 23.7 Å². The zero-order valence-electron chi connectivity index (χ0n) is 16.6. The van der Waals surface area contributed by atoms with Crippen molar-refractivity contribution in [2.45, 2.75) is 6.92 Å². The number of hydrazone groups is 1. The molecule has 0 aliphatic heterocycles. The third-order valence-corrected chi connectivity index (χ3v) is 3.96. The van der Waals surface area contributed by atoms with Crippen molar-refractivity contribution in [3.63, 3.8) is 0 Å². The topological polar surface area (TPSA) is 90.4 Å². The summed E-state index contributed by atoms with van der Waals surface area (Å²) in [7, 11) is 4.66. The van der Waals surface area contributed by atoms with E-state index in [1.54, 1.807) is 64.7 Å². The Morgan fingerprint density at radius 3 is 2.21 bits per heavy atom. The Bertz CT molecular complexity index is 859. The fourth-order valence-electron chi connectivity index (χ4n) is 2.38. The molecule has 0 amide bonds. The Labute approximate surface area is 174 Å². The first-order chi connectivity index (χ1) is 14.0. The van der Waals surface area contributed by atoms with Gasteiger partial charge in [0.15, 0.2) is 5.11 Å². The van der Waals surface area contributed by atoms with Crippen LogP contribution in [0.25, 0.3) is 0 Å². The number of ether oxygens (including phenoxy) is 4. The minimum Gasteiger partial charge on any atom is -0.496 e. The van der Waals surface area contributed by atoms with Crippen LogP contribution in [0.5, 0.6) is 17.2 Å². The molecule has 0 aliphatic carbocycles. The number of nitrogens with one attached hydrogen (secondary N) is 2. The molecule has 0 saturated carbocycles. The number of nitrogens with zero attached hydrogens (tertiary/aromatic N) is 1. The fraction of sp³-hybridized carbons (Fsp3) is 0.250. The first-order valence-corrected chi connectivity index (χ1v) is 9.10. The summed E-state index contributed by atoms with van der Waals surface area (Å²) >= 11 is 5.23. The largest absolute Gasteiger partial charge is 0.496 e. The zero-order valence-corrected chi connectivity index (χ0v) is 17.5. The highest BCUT2D eigenvalue weighted by molar-refractivity contribution is 7.80. The number of methoxy groups -OCH3 is 3. The fourth-order valence-corrected chi connectivity index (χ4v) is 2.55. The lowest BCUT2D eigenvalue weighted by Crippen LogP contribution is -2.24. The van der Waals surface area contributed by atoms with Gasteiger partial charge in [0.05, 0.1) is 45.3 Å². The molecule has 0 aromatic heterocycles. The van der Waals surface area contributed by atoms with Crippen molar-refractivity contribution in [1.82, 2.24) is 5.43 Å². The molecule has 0 fully saturated rings. The van der Waals surface area contributed by atoms with Gasteiger partial charge in [-0.05, 0) is 43.4 Å². The molecule has 9 heteroatoms. The predicted molar refractivity (Wildman–Crippen MR) is 115 cm³/mol. The van der Waals surface area contributed by atoms with Crippen LogP contribution in [-0.4, -0.2) is 45.2 Å². The molecular formula is C20H23N3O5S. The van der Waals surface area contributed by atoms with Crippen LogP contribution in [0.15, 0.2) is 41.5 Å². The van der Waals surface area contributed by atoms with Gasteiger partial charge in [0.1, 0.15) is 17.2 Å². The number of carbonyl (C=O) groups is 1. The first kappa shape index (κ1) is 22.0. The molecule has 0 aliphatic rings. The predicted octanol–water partition coefficient (Wildman–Crippen LogP) is 3.21. The smallest absolute Gasteiger partial charge is 0.338 e. The second kappa shape index (κ2) is 10.9. The van der Waals surface area contributed by atoms with Crippen LogP contribution < -0.4 is 25.0 Å². The van der Waals surface area contributed by atoms with Crippen LogP contribution >= 0.6 is 12.2 Å². The van der Waals surface area contributed by atoms with Crippen molar-refractivity contribution in [2.24, 2.45) is 5.10 Å². The molecule has 0 atom stereocenters. The summed E-state index contributed by atoms with van der Waals surface area (Å²) in [6.45, 7) is 2.09. The summed E-state index contributed by atoms with van der Waals surface area (Å²) in [4.78, 5) is 11.7. The maximum atomic E-state index is 11.7. The molecule has 2 aromatic carbocycles. The Balaban J connectivity index is 2.02. The van der Waals surface area contributed by atoms with Crippen LogP contribution in [0.4, 0.5) is 5.69 Å². The Kier molecular flexibility index (Phi) is 8.23. The summed E-state index contributed by atoms with van der Waals surface area (Å²) in [5, 5.41) is 7.38. The molecule has 0 bridgehead atoms. The third-order valence-electron chi connectivity index (χ3n) is 3.77. The van der Waals surface area contributed by atoms with Crippen molar-refractivity contribution in [1.29, 1.82) is 0 Å². The van der Waals surface area contributed by atoms with Gasteiger partial charge in [0.25, 0.3) is 0 Å². The molecule has 0 heterocycles. The highest BCUT2D eigenvalue weighted by atomic mass is 32.1. The van der Waals surface area contributed by atoms with E-state index in [0.29, 0.717) is 40.7 Å². The quantitative estimate of drug-likeness (QED) is 0.293. The van der Waals surface area contributed by atoms with Gasteiger partial charge in [-0.3, -0.25) is 5.43 Å². The maximum absolute atomic E-state index is 11.7. The van der Waals surface area contributed by atoms with Crippen LogP contribution in [0.1, 0.15) is 22.8 Å². The lowest BCUT2D eigenvalue weighted by Gasteiger charge is -2.12. The van der Waals surface area contributed by atoms with E-state index in [-0.39, 0.29) is 11.1 Å². The molecule has 8 nitrogen and oxygen atoms in total. The van der Waals surface area contributed by atoms with E-state index in [4.69, 9.17) is 31.2 Å². The molecule has 0 radical (unpaired) electrons. The number of anilines is 1. The van der Waals surface area contributed by atoms with Gasteiger partial charge in [-0.1, -0.05) is 0 Å². The number of rotatable bonds is 8. The van der Waals surface area contributed by atoms with E-state index in [1.165, 1.54) is 6.21 Å². The van der Waals surface area contributed by atoms with Crippen molar-refractivity contribution in [3.05, 3.63) is 47.5 Å². The molecule has 29 heavy (non-hydrogen) atoms. The molecule has 154 valence electrons. The van der Waals surface area contributed by atoms with E-state index < -0.39 is 0 Å². The monoisotopic (exact) mass is 417 g/mol. The lowest BCUT2D eigenvalue weighted by atomic mass is 10.2. The first-order valence-electron chi connectivity index (χ1n) is 8.69. The van der Waals surface area contributed by atoms with E-state index in [0.717, 1.165) is 0 Å². The second-order valence-electron chi connectivity index (χ2n) is 5.57. The molecule has 2 rings (SSSR count). The third kappa shape index (κ3) is 6.08. The summed E-state index contributed by atoms with van der Waals surface area (Å²) < 4.78 is 20.9. The van der Waals surface area contributed by atoms with Crippen molar-refractivity contribution in [2.75, 3.05) is 33.3 Å². The molecule has 2 aromatic rings. The van der Waals surface area contributed by atoms with Crippen molar-refractivity contribution in [3.8, 4) is 17.2 Å². The van der Waals surface area contributed by atoms with Gasteiger partial charge in [0.2, 0.25) is 0 Å². The molecule has 0 spiro atoms. The SMILES string of the molecule is CCOC(=O)c1ccc(NC(=S)N/N=C/c2c(OC)cc(OC)cc2OC)cc1. The zero-order chi connectivity index (χ0) is 21.2. The van der Waals surface area contributed by atoms with Gasteiger partial charge >= 0.3 is 5.97 Å². The highest BCUT2D eigenvalue weighted by Crippen LogP contribution is 2.32. The summed E-state index contributed by atoms with van der Waals surface area (Å²) in [6, 6.07) is 10.2. The number of hydrogen-bond acceptors (Lipinski definition) is 7. The molecule has 0 unspecified atom stereocenters. The summed E-state index contributed by atoms with van der Waals surface area (Å²) in [5.74, 6) is 1.32. The van der Waals surface area contributed by atoms with Crippen LogP contribution in [0.3, 0.4) is 0 Å². The van der Waals surface area contributed by atoms with E-state index >= 15 is 0 Å². The summed E-state index contributed by atoms with van der Waals surface area (Å²) in [5.41, 5.74) is 4.52. The van der Waals surface area contributed by atoms with Gasteiger partial charge in [-0.15, -0.1) is 0 Å². The molecular weight excluding hydrogens is 394 g/mol. The number of carbonyl (C=O) groups excluding carboxylic acids is 1. The van der Waals surface area contributed by atoms with Gasteiger partial charge < -0.3 is 24.3 Å². The average molecular weight is 417 g/mol. The van der Waals surface area contributed by atoms with Gasteiger partial charge in [-0.25, -0.2) is 4.79 Å². The number of benzene rings is 2. The van der Waals surface area contributed by atoms with Gasteiger partial charge in [-0.2, -0.15) is 5.10 Å². The number of thiocarbonyl (C=S) groups is 1. The van der Waals surface area contributed by atoms with Crippen LogP contribution in [-0.2, 0) is 4.74 Å². The molecule has 0 saturated heterocycles. The average Bonchev–Trinajstić information content (AvgIpc) is 2.74. The van der Waals surface area contributed by atoms with Gasteiger partial charge in [0, 0.05) is 17.8 Å². The maximum Gasteiger partial charge on any atom is 0.338 e. The Hall–Kier alpha value is -3.33. The summed E-state index contributed by atoms with van der Waals surface area (Å²) in [6.07, 6.45) is 1.54. The second-order valence-corrected chi connectivity index (χ2v) is 5.98. The number of esters is 1. The van der Waals surface area contributed by atoms with E-state index in [2.05, 4.69) is 15.8 Å². The minimum absolute atomic E-state index is 0.275. The number of hydrogen-bond donors (Lipinski definition) is 2. The lowest BCUT2D eigenvalue weighted by molar-refractivity contribution is 0.0526. The molecule has 2 N–H and O–H groups in total. The van der Waals surface area contributed by atoms with Crippen molar-refractivity contribution >= 4 is 35.2 Å².